The van der Waals surface area contributed by atoms with Crippen molar-refractivity contribution in [1.29, 1.82) is 0 Å². The minimum atomic E-state index is -2.10. The summed E-state index contributed by atoms with van der Waals surface area (Å²) in [4.78, 5) is 24.5. The van der Waals surface area contributed by atoms with Gasteiger partial charge in [0.15, 0.2) is 5.75 Å². The van der Waals surface area contributed by atoms with Crippen LogP contribution in [0.4, 0.5) is 0 Å². The van der Waals surface area contributed by atoms with Gasteiger partial charge in [-0.1, -0.05) is 20.8 Å². The van der Waals surface area contributed by atoms with Crippen LogP contribution in [0.15, 0.2) is 47.4 Å². The average molecular weight is 456 g/mol. The first kappa shape index (κ1) is 23.4. The Bertz CT molecular complexity index is 1240. The number of fused-ring (bicyclic) bond motifs is 1. The van der Waals surface area contributed by atoms with Gasteiger partial charge in [0.1, 0.15) is 17.1 Å². The van der Waals surface area contributed by atoms with Crippen LogP contribution in [0.2, 0.25) is 18.1 Å². The summed E-state index contributed by atoms with van der Waals surface area (Å²) in [5.41, 5.74) is 0.307. The molecule has 0 spiro atoms. The lowest BCUT2D eigenvalue weighted by Crippen LogP contribution is -2.43. The molecule has 32 heavy (non-hydrogen) atoms. The van der Waals surface area contributed by atoms with E-state index in [-0.39, 0.29) is 16.0 Å². The van der Waals surface area contributed by atoms with Crippen molar-refractivity contribution in [3.05, 3.63) is 58.4 Å². The minimum absolute atomic E-state index is 0.0149. The van der Waals surface area contributed by atoms with E-state index in [2.05, 4.69) is 33.9 Å². The molecule has 8 heteroatoms. The molecular weight excluding hydrogens is 426 g/mol. The molecule has 0 fully saturated rings. The molecule has 1 aromatic heterocycles. The molecule has 0 unspecified atom stereocenters. The van der Waals surface area contributed by atoms with Crippen molar-refractivity contribution >= 4 is 25.2 Å². The molecule has 1 N–H and O–H groups in total. The number of methoxy groups -OCH3 is 2. The fourth-order valence-electron chi connectivity index (χ4n) is 3.12. The number of aromatic carboxylic acids is 1. The van der Waals surface area contributed by atoms with E-state index >= 15 is 0 Å². The van der Waals surface area contributed by atoms with Gasteiger partial charge in [-0.15, -0.1) is 0 Å². The Labute approximate surface area is 188 Å². The van der Waals surface area contributed by atoms with Crippen molar-refractivity contribution in [3.8, 4) is 22.9 Å². The topological polar surface area (TPSA) is 87.0 Å². The summed E-state index contributed by atoms with van der Waals surface area (Å²) >= 11 is 0. The number of carboxylic acid groups (broad SMARTS) is 1. The summed E-state index contributed by atoms with van der Waals surface area (Å²) in [7, 11) is 0.962. The third-order valence-electron chi connectivity index (χ3n) is 6.04. The van der Waals surface area contributed by atoms with Crippen LogP contribution in [-0.2, 0) is 0 Å². The highest BCUT2D eigenvalue weighted by Crippen LogP contribution is 2.40. The predicted molar refractivity (Wildman–Crippen MR) is 127 cm³/mol. The highest BCUT2D eigenvalue weighted by Gasteiger charge is 2.39. The van der Waals surface area contributed by atoms with Crippen LogP contribution in [0.1, 0.15) is 31.1 Å². The zero-order chi connectivity index (χ0) is 23.8. The molecule has 0 radical (unpaired) electrons. The van der Waals surface area contributed by atoms with Gasteiger partial charge in [-0.05, 0) is 48.5 Å². The molecule has 0 saturated carbocycles. The first-order chi connectivity index (χ1) is 14.9. The van der Waals surface area contributed by atoms with Crippen LogP contribution in [0.25, 0.3) is 16.6 Å². The molecule has 1 heterocycles. The number of benzene rings is 2. The van der Waals surface area contributed by atoms with E-state index in [0.29, 0.717) is 28.5 Å². The zero-order valence-electron chi connectivity index (χ0n) is 19.5. The van der Waals surface area contributed by atoms with Gasteiger partial charge in [0.05, 0.1) is 25.1 Å². The fraction of sp³-hybridized carbons (Fsp3) is 0.333. The van der Waals surface area contributed by atoms with Gasteiger partial charge >= 0.3 is 5.97 Å². The van der Waals surface area contributed by atoms with Gasteiger partial charge in [-0.25, -0.2) is 4.79 Å². The van der Waals surface area contributed by atoms with Gasteiger partial charge in [-0.2, -0.15) is 0 Å². The summed E-state index contributed by atoms with van der Waals surface area (Å²) in [6.45, 7) is 10.8. The van der Waals surface area contributed by atoms with Gasteiger partial charge in [0.25, 0.3) is 8.32 Å². The first-order valence-corrected chi connectivity index (χ1v) is 13.1. The minimum Gasteiger partial charge on any atom is -0.541 e. The Hall–Kier alpha value is -3.26. The number of aromatic nitrogens is 1. The quantitative estimate of drug-likeness (QED) is 0.521. The number of nitrogens with zero attached hydrogens (tertiary/aromatic N) is 1. The molecule has 0 aliphatic heterocycles. The normalized spacial score (nSPS) is 12.0. The molecule has 0 amide bonds. The van der Waals surface area contributed by atoms with Crippen molar-refractivity contribution < 1.29 is 23.8 Å². The van der Waals surface area contributed by atoms with Gasteiger partial charge in [0, 0.05) is 18.0 Å². The monoisotopic (exact) mass is 455 g/mol. The van der Waals surface area contributed by atoms with E-state index in [0.717, 1.165) is 0 Å². The third-order valence-corrected chi connectivity index (χ3v) is 10.4. The number of carbonyl (C=O) groups is 1. The van der Waals surface area contributed by atoms with Crippen LogP contribution in [-0.4, -0.2) is 38.2 Å². The second-order valence-electron chi connectivity index (χ2n) is 9.13. The van der Waals surface area contributed by atoms with Crippen molar-refractivity contribution in [2.45, 2.75) is 38.9 Å². The Morgan fingerprint density at radius 1 is 1.00 bits per heavy atom. The van der Waals surface area contributed by atoms with E-state index in [1.54, 1.807) is 35.9 Å². The molecule has 0 atom stereocenters. The van der Waals surface area contributed by atoms with Crippen LogP contribution in [0.3, 0.4) is 0 Å². The number of hydrogen-bond donors (Lipinski definition) is 1. The predicted octanol–water partition coefficient (Wildman–Crippen LogP) is 5.09. The smallest absolute Gasteiger partial charge is 0.341 e. The van der Waals surface area contributed by atoms with Crippen LogP contribution < -0.4 is 19.3 Å². The fourth-order valence-corrected chi connectivity index (χ4v) is 4.15. The van der Waals surface area contributed by atoms with E-state index in [4.69, 9.17) is 13.9 Å². The largest absolute Gasteiger partial charge is 0.541 e. The molecule has 2 aromatic carbocycles. The second kappa shape index (κ2) is 8.35. The summed E-state index contributed by atoms with van der Waals surface area (Å²) in [6.07, 6.45) is 1.34. The standard InChI is InChI=1S/C24H29NO6Si/c1-24(2,3)32(6,7)31-20-11-8-15(12-21(20)30-5)25-14-18(23(27)28)22(26)17-13-16(29-4)9-10-19(17)25/h8-14H,1-7H3,(H,27,28). The maximum absolute atomic E-state index is 12.8. The number of hydrogen-bond acceptors (Lipinski definition) is 5. The summed E-state index contributed by atoms with van der Waals surface area (Å²) < 4.78 is 18.9. The second-order valence-corrected chi connectivity index (χ2v) is 13.9. The Morgan fingerprint density at radius 3 is 2.25 bits per heavy atom. The van der Waals surface area contributed by atoms with Gasteiger partial charge < -0.3 is 23.6 Å². The molecule has 170 valence electrons. The first-order valence-electron chi connectivity index (χ1n) is 10.2. The number of rotatable bonds is 6. The lowest BCUT2D eigenvalue weighted by Gasteiger charge is -2.36. The molecule has 0 bridgehead atoms. The molecule has 3 rings (SSSR count). The van der Waals surface area contributed by atoms with Gasteiger partial charge in [-0.3, -0.25) is 4.79 Å². The average Bonchev–Trinajstić information content (AvgIpc) is 2.73. The van der Waals surface area contributed by atoms with E-state index < -0.39 is 19.7 Å². The van der Waals surface area contributed by atoms with Crippen LogP contribution in [0, 0.1) is 0 Å². The molecule has 0 saturated heterocycles. The lowest BCUT2D eigenvalue weighted by molar-refractivity contribution is 0.0695. The number of ether oxygens (including phenoxy) is 2. The van der Waals surface area contributed by atoms with Crippen molar-refractivity contribution in [1.82, 2.24) is 4.57 Å². The molecule has 7 nitrogen and oxygen atoms in total. The van der Waals surface area contributed by atoms with Crippen molar-refractivity contribution in [2.75, 3.05) is 14.2 Å². The lowest BCUT2D eigenvalue weighted by atomic mass is 10.1. The van der Waals surface area contributed by atoms with E-state index in [1.807, 2.05) is 12.1 Å². The number of pyridine rings is 1. The van der Waals surface area contributed by atoms with E-state index in [1.165, 1.54) is 13.3 Å². The Kier molecular flexibility index (Phi) is 6.10. The summed E-state index contributed by atoms with van der Waals surface area (Å²) in [5.74, 6) is 0.343. The highest BCUT2D eigenvalue weighted by molar-refractivity contribution is 6.74. The zero-order valence-corrected chi connectivity index (χ0v) is 20.5. The SMILES string of the molecule is COc1ccc2c(c1)c(=O)c(C(=O)O)cn2-c1ccc(O[Si](C)(C)C(C)(C)C)c(OC)c1. The highest BCUT2D eigenvalue weighted by atomic mass is 28.4. The summed E-state index contributed by atoms with van der Waals surface area (Å²) in [6, 6.07) is 10.4. The Balaban J connectivity index is 2.22. The van der Waals surface area contributed by atoms with Gasteiger partial charge in [0.2, 0.25) is 5.43 Å². The maximum atomic E-state index is 12.8. The van der Waals surface area contributed by atoms with Crippen molar-refractivity contribution in [2.24, 2.45) is 0 Å². The summed E-state index contributed by atoms with van der Waals surface area (Å²) in [5, 5.41) is 9.86. The molecule has 0 aliphatic carbocycles. The third kappa shape index (κ3) is 4.23. The van der Waals surface area contributed by atoms with E-state index in [9.17, 15) is 14.7 Å². The molecule has 0 aliphatic rings. The molecule has 3 aromatic rings. The van der Waals surface area contributed by atoms with Crippen LogP contribution in [0.5, 0.6) is 17.2 Å². The van der Waals surface area contributed by atoms with Crippen LogP contribution >= 0.6 is 0 Å². The van der Waals surface area contributed by atoms with Crippen molar-refractivity contribution in [3.63, 3.8) is 0 Å². The Morgan fingerprint density at radius 2 is 1.69 bits per heavy atom. The number of carboxylic acids is 1. The maximum Gasteiger partial charge on any atom is 0.341 e. The molecular formula is C24H29NO6Si.